The third kappa shape index (κ3) is 6.23. The van der Waals surface area contributed by atoms with Gasteiger partial charge >= 0.3 is 0 Å². The lowest BCUT2D eigenvalue weighted by molar-refractivity contribution is 0.597. The van der Waals surface area contributed by atoms with Crippen LogP contribution in [0.15, 0.2) is 24.3 Å². The van der Waals surface area contributed by atoms with Gasteiger partial charge < -0.3 is 5.32 Å². The molecule has 0 saturated heterocycles. The summed E-state index contributed by atoms with van der Waals surface area (Å²) >= 11 is 3.42. The fraction of sp³-hybridized carbons (Fsp3) is 0.538. The molecular formula is C13H19BrFN. The molecule has 1 aromatic rings. The molecule has 0 aromatic heterocycles. The van der Waals surface area contributed by atoms with Crippen LogP contribution in [0.2, 0.25) is 0 Å². The molecular weight excluding hydrogens is 269 g/mol. The standard InChI is InChI=1S/C13H19BrFN/c14-9-3-1-2-4-10-16-11-12-5-7-13(15)8-6-12/h5-8,16H,1-4,9-11H2. The van der Waals surface area contributed by atoms with E-state index in [9.17, 15) is 4.39 Å². The third-order valence-electron chi connectivity index (χ3n) is 2.48. The van der Waals surface area contributed by atoms with E-state index in [-0.39, 0.29) is 5.82 Å². The number of hydrogen-bond acceptors (Lipinski definition) is 1. The van der Waals surface area contributed by atoms with Crippen LogP contribution in [0, 0.1) is 5.82 Å². The van der Waals surface area contributed by atoms with Gasteiger partial charge in [-0.2, -0.15) is 0 Å². The number of hydrogen-bond donors (Lipinski definition) is 1. The minimum absolute atomic E-state index is 0.168. The van der Waals surface area contributed by atoms with E-state index < -0.39 is 0 Å². The van der Waals surface area contributed by atoms with Crippen LogP contribution in [-0.2, 0) is 6.54 Å². The Bertz CT molecular complexity index is 274. The van der Waals surface area contributed by atoms with E-state index in [0.29, 0.717) is 0 Å². The molecule has 1 nitrogen and oxygen atoms in total. The summed E-state index contributed by atoms with van der Waals surface area (Å²) < 4.78 is 12.6. The number of alkyl halides is 1. The van der Waals surface area contributed by atoms with Crippen molar-refractivity contribution in [3.63, 3.8) is 0 Å². The SMILES string of the molecule is Fc1ccc(CNCCCCCCBr)cc1. The van der Waals surface area contributed by atoms with Crippen molar-refractivity contribution in [2.75, 3.05) is 11.9 Å². The average Bonchev–Trinajstić information content (AvgIpc) is 2.30. The zero-order valence-electron chi connectivity index (χ0n) is 9.52. The van der Waals surface area contributed by atoms with Crippen molar-refractivity contribution < 1.29 is 4.39 Å². The smallest absolute Gasteiger partial charge is 0.123 e. The van der Waals surface area contributed by atoms with Crippen LogP contribution >= 0.6 is 15.9 Å². The maximum absolute atomic E-state index is 12.6. The van der Waals surface area contributed by atoms with Crippen LogP contribution in [-0.4, -0.2) is 11.9 Å². The lowest BCUT2D eigenvalue weighted by Gasteiger charge is -2.04. The van der Waals surface area contributed by atoms with Gasteiger partial charge in [-0.15, -0.1) is 0 Å². The molecule has 0 aliphatic rings. The van der Waals surface area contributed by atoms with Gasteiger partial charge in [-0.05, 0) is 37.1 Å². The van der Waals surface area contributed by atoms with Crippen LogP contribution in [0.25, 0.3) is 0 Å². The van der Waals surface area contributed by atoms with Crippen molar-refractivity contribution >= 4 is 15.9 Å². The summed E-state index contributed by atoms with van der Waals surface area (Å²) in [6.45, 7) is 1.87. The van der Waals surface area contributed by atoms with Crippen molar-refractivity contribution in [2.24, 2.45) is 0 Å². The Morgan fingerprint density at radius 3 is 2.38 bits per heavy atom. The molecule has 0 spiro atoms. The normalized spacial score (nSPS) is 10.6. The van der Waals surface area contributed by atoms with Crippen LogP contribution < -0.4 is 5.32 Å². The highest BCUT2D eigenvalue weighted by Gasteiger charge is 1.93. The predicted octanol–water partition coefficient (Wildman–Crippen LogP) is 3.87. The summed E-state index contributed by atoms with van der Waals surface area (Å²) in [6.07, 6.45) is 5.05. The van der Waals surface area contributed by atoms with Gasteiger partial charge in [-0.1, -0.05) is 40.9 Å². The van der Waals surface area contributed by atoms with Crippen molar-refractivity contribution in [3.8, 4) is 0 Å². The van der Waals surface area contributed by atoms with Crippen LogP contribution in [0.1, 0.15) is 31.2 Å². The quantitative estimate of drug-likeness (QED) is 0.565. The fourth-order valence-corrected chi connectivity index (χ4v) is 1.93. The monoisotopic (exact) mass is 287 g/mol. The van der Waals surface area contributed by atoms with E-state index in [0.717, 1.165) is 24.0 Å². The second-order valence-electron chi connectivity index (χ2n) is 3.91. The van der Waals surface area contributed by atoms with Gasteiger partial charge in [0.1, 0.15) is 5.82 Å². The fourth-order valence-electron chi connectivity index (χ4n) is 1.53. The van der Waals surface area contributed by atoms with Crippen molar-refractivity contribution in [1.29, 1.82) is 0 Å². The molecule has 1 aromatic carbocycles. The average molecular weight is 288 g/mol. The largest absolute Gasteiger partial charge is 0.313 e. The topological polar surface area (TPSA) is 12.0 Å². The summed E-state index contributed by atoms with van der Waals surface area (Å²) in [7, 11) is 0. The Labute approximate surface area is 106 Å². The van der Waals surface area contributed by atoms with E-state index in [4.69, 9.17) is 0 Å². The van der Waals surface area contributed by atoms with Gasteiger partial charge in [0, 0.05) is 11.9 Å². The first kappa shape index (κ1) is 13.7. The minimum Gasteiger partial charge on any atom is -0.313 e. The van der Waals surface area contributed by atoms with Crippen LogP contribution in [0.3, 0.4) is 0 Å². The summed E-state index contributed by atoms with van der Waals surface area (Å²) in [5.74, 6) is -0.168. The summed E-state index contributed by atoms with van der Waals surface area (Å²) in [5, 5.41) is 4.47. The number of halogens is 2. The molecule has 0 bridgehead atoms. The van der Waals surface area contributed by atoms with E-state index >= 15 is 0 Å². The van der Waals surface area contributed by atoms with Gasteiger partial charge in [0.15, 0.2) is 0 Å². The number of nitrogens with one attached hydrogen (secondary N) is 1. The highest BCUT2D eigenvalue weighted by molar-refractivity contribution is 9.09. The lowest BCUT2D eigenvalue weighted by atomic mass is 10.2. The zero-order chi connectivity index (χ0) is 11.6. The van der Waals surface area contributed by atoms with Crippen LogP contribution in [0.4, 0.5) is 4.39 Å². The molecule has 0 unspecified atom stereocenters. The molecule has 90 valence electrons. The Morgan fingerprint density at radius 2 is 1.69 bits per heavy atom. The highest BCUT2D eigenvalue weighted by Crippen LogP contribution is 2.03. The maximum Gasteiger partial charge on any atom is 0.123 e. The Morgan fingerprint density at radius 1 is 1.00 bits per heavy atom. The highest BCUT2D eigenvalue weighted by atomic mass is 79.9. The van der Waals surface area contributed by atoms with E-state index in [1.165, 1.54) is 37.8 Å². The molecule has 0 aliphatic carbocycles. The molecule has 0 fully saturated rings. The van der Waals surface area contributed by atoms with E-state index in [1.807, 2.05) is 12.1 Å². The molecule has 1 N–H and O–H groups in total. The lowest BCUT2D eigenvalue weighted by Crippen LogP contribution is -2.14. The molecule has 0 atom stereocenters. The molecule has 0 saturated carbocycles. The second-order valence-corrected chi connectivity index (χ2v) is 4.70. The molecule has 16 heavy (non-hydrogen) atoms. The zero-order valence-corrected chi connectivity index (χ0v) is 11.1. The van der Waals surface area contributed by atoms with Gasteiger partial charge in [0.25, 0.3) is 0 Å². The first-order valence-electron chi connectivity index (χ1n) is 5.84. The summed E-state index contributed by atoms with van der Waals surface area (Å²) in [4.78, 5) is 0. The van der Waals surface area contributed by atoms with E-state index in [2.05, 4.69) is 21.2 Å². The number of benzene rings is 1. The van der Waals surface area contributed by atoms with Gasteiger partial charge in [-0.3, -0.25) is 0 Å². The number of rotatable bonds is 8. The number of unbranched alkanes of at least 4 members (excludes halogenated alkanes) is 3. The second kappa shape index (κ2) is 8.71. The first-order valence-corrected chi connectivity index (χ1v) is 6.96. The van der Waals surface area contributed by atoms with Crippen molar-refractivity contribution in [1.82, 2.24) is 5.32 Å². The molecule has 0 aliphatic heterocycles. The Kier molecular flexibility index (Phi) is 7.43. The van der Waals surface area contributed by atoms with Gasteiger partial charge in [0.2, 0.25) is 0 Å². The summed E-state index contributed by atoms with van der Waals surface area (Å²) in [6, 6.07) is 6.67. The third-order valence-corrected chi connectivity index (χ3v) is 3.04. The Balaban J connectivity index is 2.01. The molecule has 0 amide bonds. The Hall–Kier alpha value is -0.410. The molecule has 0 radical (unpaired) electrons. The summed E-state index contributed by atoms with van der Waals surface area (Å²) in [5.41, 5.74) is 1.14. The van der Waals surface area contributed by atoms with Crippen molar-refractivity contribution in [3.05, 3.63) is 35.6 Å². The first-order chi connectivity index (χ1) is 7.83. The van der Waals surface area contributed by atoms with Crippen LogP contribution in [0.5, 0.6) is 0 Å². The molecule has 1 rings (SSSR count). The molecule has 3 heteroatoms. The predicted molar refractivity (Wildman–Crippen MR) is 70.4 cm³/mol. The maximum atomic E-state index is 12.6. The molecule has 0 heterocycles. The minimum atomic E-state index is -0.168. The van der Waals surface area contributed by atoms with Crippen molar-refractivity contribution in [2.45, 2.75) is 32.2 Å². The van der Waals surface area contributed by atoms with Gasteiger partial charge in [0.05, 0.1) is 0 Å². The van der Waals surface area contributed by atoms with E-state index in [1.54, 1.807) is 0 Å². The van der Waals surface area contributed by atoms with Gasteiger partial charge in [-0.25, -0.2) is 4.39 Å².